The number of halogens is 1. The Labute approximate surface area is 179 Å². The van der Waals surface area contributed by atoms with Crippen molar-refractivity contribution in [2.24, 2.45) is 0 Å². The Kier molecular flexibility index (Phi) is 7.43. The second-order valence-corrected chi connectivity index (χ2v) is 8.81. The first-order chi connectivity index (χ1) is 14.4. The standard InChI is InChI=1S/C20H21ClN2O6S/c21-17-7-6-16(12-18(17)30(26,27)23-8-10-28-11-9-23)20(25)29-14-19(24)22-13-15-4-2-1-3-5-15/h1-7,12H,8-11,13-14H2,(H,22,24). The van der Waals surface area contributed by atoms with Gasteiger partial charge in [-0.15, -0.1) is 0 Å². The summed E-state index contributed by atoms with van der Waals surface area (Å²) in [7, 11) is -3.88. The average molecular weight is 453 g/mol. The third-order valence-electron chi connectivity index (χ3n) is 4.42. The lowest BCUT2D eigenvalue weighted by Gasteiger charge is -2.26. The molecule has 160 valence electrons. The summed E-state index contributed by atoms with van der Waals surface area (Å²) in [5.41, 5.74) is 0.898. The van der Waals surface area contributed by atoms with Crippen LogP contribution < -0.4 is 5.32 Å². The fourth-order valence-electron chi connectivity index (χ4n) is 2.82. The van der Waals surface area contributed by atoms with E-state index in [0.29, 0.717) is 6.54 Å². The van der Waals surface area contributed by atoms with Crippen molar-refractivity contribution in [3.8, 4) is 0 Å². The number of amides is 1. The van der Waals surface area contributed by atoms with Crippen molar-refractivity contribution >= 4 is 33.5 Å². The highest BCUT2D eigenvalue weighted by atomic mass is 35.5. The first kappa shape index (κ1) is 22.2. The molecule has 0 bridgehead atoms. The number of sulfonamides is 1. The number of nitrogens with zero attached hydrogens (tertiary/aromatic N) is 1. The van der Waals surface area contributed by atoms with E-state index in [-0.39, 0.29) is 41.8 Å². The lowest BCUT2D eigenvalue weighted by molar-refractivity contribution is -0.124. The summed E-state index contributed by atoms with van der Waals surface area (Å²) in [5.74, 6) is -1.29. The van der Waals surface area contributed by atoms with E-state index in [2.05, 4.69) is 5.32 Å². The first-order valence-corrected chi connectivity index (χ1v) is 11.0. The molecule has 1 amide bonds. The summed E-state index contributed by atoms with van der Waals surface area (Å²) in [5, 5.41) is 2.64. The molecule has 0 saturated carbocycles. The van der Waals surface area contributed by atoms with Crippen molar-refractivity contribution in [2.75, 3.05) is 32.9 Å². The Morgan fingerprint density at radius 2 is 1.80 bits per heavy atom. The van der Waals surface area contributed by atoms with E-state index in [1.807, 2.05) is 30.3 Å². The van der Waals surface area contributed by atoms with Gasteiger partial charge in [-0.2, -0.15) is 4.31 Å². The van der Waals surface area contributed by atoms with Gasteiger partial charge in [0.25, 0.3) is 5.91 Å². The van der Waals surface area contributed by atoms with Crippen LogP contribution in [0.4, 0.5) is 0 Å². The van der Waals surface area contributed by atoms with Crippen molar-refractivity contribution in [3.63, 3.8) is 0 Å². The molecule has 0 radical (unpaired) electrons. The zero-order valence-electron chi connectivity index (χ0n) is 16.0. The molecule has 0 atom stereocenters. The Morgan fingerprint density at radius 1 is 1.10 bits per heavy atom. The molecule has 8 nitrogen and oxygen atoms in total. The fraction of sp³-hybridized carbons (Fsp3) is 0.300. The number of carbonyl (C=O) groups excluding carboxylic acids is 2. The van der Waals surface area contributed by atoms with Crippen LogP contribution in [0, 0.1) is 0 Å². The molecule has 1 saturated heterocycles. The molecule has 30 heavy (non-hydrogen) atoms. The number of hydrogen-bond donors (Lipinski definition) is 1. The minimum absolute atomic E-state index is 0.00125. The number of rotatable bonds is 7. The highest BCUT2D eigenvalue weighted by Crippen LogP contribution is 2.26. The van der Waals surface area contributed by atoms with E-state index in [4.69, 9.17) is 21.1 Å². The van der Waals surface area contributed by atoms with E-state index in [9.17, 15) is 18.0 Å². The predicted molar refractivity (Wildman–Crippen MR) is 110 cm³/mol. The predicted octanol–water partition coefficient (Wildman–Crippen LogP) is 1.83. The maximum absolute atomic E-state index is 12.8. The van der Waals surface area contributed by atoms with Gasteiger partial charge in [0.05, 0.1) is 23.8 Å². The molecule has 0 spiro atoms. The number of hydrogen-bond acceptors (Lipinski definition) is 6. The van der Waals surface area contributed by atoms with Crippen molar-refractivity contribution < 1.29 is 27.5 Å². The maximum atomic E-state index is 12.8. The number of morpholine rings is 1. The molecular formula is C20H21ClN2O6S. The van der Waals surface area contributed by atoms with Crippen LogP contribution in [-0.4, -0.2) is 57.5 Å². The van der Waals surface area contributed by atoms with Gasteiger partial charge < -0.3 is 14.8 Å². The molecule has 0 aliphatic carbocycles. The number of benzene rings is 2. The Morgan fingerprint density at radius 3 is 2.50 bits per heavy atom. The fourth-order valence-corrected chi connectivity index (χ4v) is 4.72. The zero-order chi connectivity index (χ0) is 21.6. The minimum atomic E-state index is -3.88. The van der Waals surface area contributed by atoms with E-state index in [1.54, 1.807) is 0 Å². The molecule has 1 aliphatic heterocycles. The van der Waals surface area contributed by atoms with E-state index in [1.165, 1.54) is 16.4 Å². The number of carbonyl (C=O) groups is 2. The van der Waals surface area contributed by atoms with Crippen LogP contribution >= 0.6 is 11.6 Å². The molecule has 1 aliphatic rings. The van der Waals surface area contributed by atoms with Gasteiger partial charge in [-0.05, 0) is 23.8 Å². The number of ether oxygens (including phenoxy) is 2. The summed E-state index contributed by atoms with van der Waals surface area (Å²) < 4.78 is 37.1. The van der Waals surface area contributed by atoms with Crippen LogP contribution in [0.3, 0.4) is 0 Å². The zero-order valence-corrected chi connectivity index (χ0v) is 17.6. The molecule has 1 N–H and O–H groups in total. The minimum Gasteiger partial charge on any atom is -0.452 e. The summed E-state index contributed by atoms with van der Waals surface area (Å²) in [6.07, 6.45) is 0. The van der Waals surface area contributed by atoms with Crippen LogP contribution in [-0.2, 0) is 30.8 Å². The molecule has 0 aromatic heterocycles. The third-order valence-corrected chi connectivity index (χ3v) is 6.80. The monoisotopic (exact) mass is 452 g/mol. The van der Waals surface area contributed by atoms with Gasteiger partial charge in [0.15, 0.2) is 6.61 Å². The van der Waals surface area contributed by atoms with E-state index < -0.39 is 28.5 Å². The lowest BCUT2D eigenvalue weighted by atomic mass is 10.2. The van der Waals surface area contributed by atoms with Crippen molar-refractivity contribution in [1.29, 1.82) is 0 Å². The topological polar surface area (TPSA) is 102 Å². The summed E-state index contributed by atoms with van der Waals surface area (Å²) in [6, 6.07) is 13.1. The molecular weight excluding hydrogens is 432 g/mol. The molecule has 2 aromatic carbocycles. The van der Waals surface area contributed by atoms with Gasteiger partial charge in [0.1, 0.15) is 4.90 Å². The number of esters is 1. The highest BCUT2D eigenvalue weighted by molar-refractivity contribution is 7.89. The van der Waals surface area contributed by atoms with Gasteiger partial charge in [0.2, 0.25) is 10.0 Å². The molecule has 1 fully saturated rings. The van der Waals surface area contributed by atoms with Gasteiger partial charge >= 0.3 is 5.97 Å². The van der Waals surface area contributed by atoms with Gasteiger partial charge in [0, 0.05) is 19.6 Å². The van der Waals surface area contributed by atoms with Crippen LogP contribution in [0.2, 0.25) is 5.02 Å². The average Bonchev–Trinajstić information content (AvgIpc) is 2.77. The summed E-state index contributed by atoms with van der Waals surface area (Å²) >= 11 is 6.08. The quantitative estimate of drug-likeness (QED) is 0.643. The van der Waals surface area contributed by atoms with Crippen LogP contribution in [0.5, 0.6) is 0 Å². The van der Waals surface area contributed by atoms with Crippen molar-refractivity contribution in [3.05, 3.63) is 64.7 Å². The van der Waals surface area contributed by atoms with E-state index in [0.717, 1.165) is 11.6 Å². The van der Waals surface area contributed by atoms with Gasteiger partial charge in [-0.25, -0.2) is 13.2 Å². The second kappa shape index (κ2) is 10.0. The van der Waals surface area contributed by atoms with Crippen LogP contribution in [0.15, 0.2) is 53.4 Å². The molecule has 10 heteroatoms. The van der Waals surface area contributed by atoms with Crippen LogP contribution in [0.1, 0.15) is 15.9 Å². The van der Waals surface area contributed by atoms with Gasteiger partial charge in [-0.3, -0.25) is 4.79 Å². The number of nitrogens with one attached hydrogen (secondary N) is 1. The lowest BCUT2D eigenvalue weighted by Crippen LogP contribution is -2.40. The molecule has 3 rings (SSSR count). The summed E-state index contributed by atoms with van der Waals surface area (Å²) in [4.78, 5) is 24.0. The van der Waals surface area contributed by atoms with Crippen LogP contribution in [0.25, 0.3) is 0 Å². The summed E-state index contributed by atoms with van der Waals surface area (Å²) in [6.45, 7) is 0.803. The largest absolute Gasteiger partial charge is 0.452 e. The second-order valence-electron chi connectivity index (χ2n) is 6.50. The van der Waals surface area contributed by atoms with E-state index >= 15 is 0 Å². The third kappa shape index (κ3) is 5.57. The Balaban J connectivity index is 1.62. The first-order valence-electron chi connectivity index (χ1n) is 9.23. The Hall–Kier alpha value is -2.46. The smallest absolute Gasteiger partial charge is 0.338 e. The SMILES string of the molecule is O=C(COC(=O)c1ccc(Cl)c(S(=O)(=O)N2CCOCC2)c1)NCc1ccccc1. The van der Waals surface area contributed by atoms with Crippen molar-refractivity contribution in [2.45, 2.75) is 11.4 Å². The maximum Gasteiger partial charge on any atom is 0.338 e. The van der Waals surface area contributed by atoms with Gasteiger partial charge in [-0.1, -0.05) is 41.9 Å². The molecule has 0 unspecified atom stereocenters. The Bertz CT molecular complexity index is 1010. The molecule has 1 heterocycles. The van der Waals surface area contributed by atoms with Crippen molar-refractivity contribution in [1.82, 2.24) is 9.62 Å². The molecule has 2 aromatic rings. The highest BCUT2D eigenvalue weighted by Gasteiger charge is 2.29. The normalized spacial score (nSPS) is 14.8.